The van der Waals surface area contributed by atoms with Crippen LogP contribution in [0, 0.1) is 0 Å². The zero-order valence-corrected chi connectivity index (χ0v) is 28.4. The van der Waals surface area contributed by atoms with Gasteiger partial charge in [-0.15, -0.1) is 0 Å². The van der Waals surface area contributed by atoms with E-state index < -0.39 is 0 Å². The molecule has 0 unspecified atom stereocenters. The number of benzene rings is 9. The molecule has 0 radical (unpaired) electrons. The van der Waals surface area contributed by atoms with Gasteiger partial charge >= 0.3 is 0 Å². The Morgan fingerprint density at radius 3 is 1.83 bits per heavy atom. The maximum Gasteiger partial charge on any atom is 0.136 e. The van der Waals surface area contributed by atoms with Crippen molar-refractivity contribution < 1.29 is 4.42 Å². The van der Waals surface area contributed by atoms with Crippen molar-refractivity contribution in [2.45, 2.75) is 0 Å². The molecule has 1 heterocycles. The second-order valence-electron chi connectivity index (χ2n) is 13.3. The van der Waals surface area contributed by atoms with E-state index in [0.29, 0.717) is 0 Å². The number of anilines is 3. The van der Waals surface area contributed by atoms with Gasteiger partial charge < -0.3 is 9.32 Å². The van der Waals surface area contributed by atoms with Gasteiger partial charge in [-0.25, -0.2) is 0 Å². The van der Waals surface area contributed by atoms with Crippen LogP contribution in [0.2, 0.25) is 0 Å². The van der Waals surface area contributed by atoms with Crippen molar-refractivity contribution in [1.29, 1.82) is 0 Å². The third kappa shape index (κ3) is 5.12. The monoisotopic (exact) mass is 663 g/mol. The number of hydrogen-bond acceptors (Lipinski definition) is 2. The molecule has 0 saturated heterocycles. The lowest BCUT2D eigenvalue weighted by atomic mass is 9.95. The summed E-state index contributed by atoms with van der Waals surface area (Å²) in [7, 11) is 0. The minimum atomic E-state index is 0.872. The van der Waals surface area contributed by atoms with Crippen LogP contribution in [0.5, 0.6) is 0 Å². The highest BCUT2D eigenvalue weighted by Crippen LogP contribution is 2.44. The van der Waals surface area contributed by atoms with Gasteiger partial charge in [0.2, 0.25) is 0 Å². The van der Waals surface area contributed by atoms with Gasteiger partial charge in [-0.05, 0) is 98.1 Å². The van der Waals surface area contributed by atoms with Gasteiger partial charge in [-0.1, -0.05) is 152 Å². The highest BCUT2D eigenvalue weighted by Gasteiger charge is 2.20. The number of hydrogen-bond donors (Lipinski definition) is 0. The fourth-order valence-electron chi connectivity index (χ4n) is 7.77. The van der Waals surface area contributed by atoms with Crippen molar-refractivity contribution in [2.75, 3.05) is 4.90 Å². The van der Waals surface area contributed by atoms with Crippen molar-refractivity contribution in [1.82, 2.24) is 0 Å². The maximum atomic E-state index is 6.50. The van der Waals surface area contributed by atoms with Crippen molar-refractivity contribution in [3.8, 4) is 33.4 Å². The molecule has 2 heteroatoms. The number of nitrogens with zero attached hydrogens (tertiary/aromatic N) is 1. The highest BCUT2D eigenvalue weighted by atomic mass is 16.3. The summed E-state index contributed by atoms with van der Waals surface area (Å²) in [5.74, 6) is 0. The SMILES string of the molecule is c1ccc(-c2ccc(-c3cccc4oc5ccc(N(c6ccccc6)c6cccc7c(-c8ccc9ccccc9c8)cccc67)cc5c34)cc2)cc1. The predicted octanol–water partition coefficient (Wildman–Crippen LogP) is 14.4. The van der Waals surface area contributed by atoms with E-state index in [-0.39, 0.29) is 0 Å². The molecular weight excluding hydrogens is 631 g/mol. The first-order valence-corrected chi connectivity index (χ1v) is 17.8. The van der Waals surface area contributed by atoms with E-state index in [2.05, 4.69) is 205 Å². The van der Waals surface area contributed by atoms with Crippen LogP contribution in [0.3, 0.4) is 0 Å². The van der Waals surface area contributed by atoms with Gasteiger partial charge in [0, 0.05) is 27.5 Å². The van der Waals surface area contributed by atoms with E-state index in [0.717, 1.165) is 50.1 Å². The Morgan fingerprint density at radius 1 is 0.327 bits per heavy atom. The molecule has 0 aliphatic carbocycles. The zero-order chi connectivity index (χ0) is 34.4. The molecule has 1 aromatic heterocycles. The molecule has 0 spiro atoms. The first-order chi connectivity index (χ1) is 25.8. The van der Waals surface area contributed by atoms with E-state index in [9.17, 15) is 0 Å². The molecule has 10 aromatic rings. The zero-order valence-electron chi connectivity index (χ0n) is 28.4. The Morgan fingerprint density at radius 2 is 0.981 bits per heavy atom. The molecule has 0 saturated carbocycles. The summed E-state index contributed by atoms with van der Waals surface area (Å²) in [6.07, 6.45) is 0. The molecule has 52 heavy (non-hydrogen) atoms. The minimum absolute atomic E-state index is 0.872. The molecule has 244 valence electrons. The molecule has 2 nitrogen and oxygen atoms in total. The van der Waals surface area contributed by atoms with E-state index in [1.54, 1.807) is 0 Å². The normalized spacial score (nSPS) is 11.5. The molecule has 9 aromatic carbocycles. The molecule has 0 N–H and O–H groups in total. The molecule has 0 bridgehead atoms. The van der Waals surface area contributed by atoms with Gasteiger partial charge in [0.25, 0.3) is 0 Å². The Labute approximate surface area is 302 Å². The molecule has 0 fully saturated rings. The fraction of sp³-hybridized carbons (Fsp3) is 0. The smallest absolute Gasteiger partial charge is 0.136 e. The number of para-hydroxylation sites is 1. The molecule has 0 atom stereocenters. The van der Waals surface area contributed by atoms with Crippen LogP contribution in [0.15, 0.2) is 205 Å². The quantitative estimate of drug-likeness (QED) is 0.176. The summed E-state index contributed by atoms with van der Waals surface area (Å²) in [5, 5.41) is 7.10. The summed E-state index contributed by atoms with van der Waals surface area (Å²) in [6, 6.07) is 71.7. The Kier molecular flexibility index (Phi) is 7.18. The second kappa shape index (κ2) is 12.5. The first-order valence-electron chi connectivity index (χ1n) is 17.8. The van der Waals surface area contributed by atoms with Crippen LogP contribution in [0.4, 0.5) is 17.1 Å². The topological polar surface area (TPSA) is 16.4 Å². The summed E-state index contributed by atoms with van der Waals surface area (Å²) >= 11 is 0. The lowest BCUT2D eigenvalue weighted by Crippen LogP contribution is -2.10. The second-order valence-corrected chi connectivity index (χ2v) is 13.3. The minimum Gasteiger partial charge on any atom is -0.456 e. The average molecular weight is 664 g/mol. The summed E-state index contributed by atoms with van der Waals surface area (Å²) in [4.78, 5) is 2.38. The van der Waals surface area contributed by atoms with Gasteiger partial charge in [0.05, 0.1) is 5.69 Å². The largest absolute Gasteiger partial charge is 0.456 e. The molecule has 10 rings (SSSR count). The van der Waals surface area contributed by atoms with E-state index in [4.69, 9.17) is 4.42 Å². The Balaban J connectivity index is 1.14. The lowest BCUT2D eigenvalue weighted by molar-refractivity contribution is 0.669. The first kappa shape index (κ1) is 30.0. The number of furan rings is 1. The molecule has 0 aliphatic heterocycles. The van der Waals surface area contributed by atoms with Crippen LogP contribution in [0.1, 0.15) is 0 Å². The standard InChI is InChI=1S/C50H33NO/c1-3-12-34(13-4-1)36-24-27-37(28-25-36)43-19-11-23-49-50(43)46-33-41(30-31-48(46)52-49)51(40-16-5-2-6-17-40)47-22-10-20-44-42(18-9-21-45(44)47)39-29-26-35-14-7-8-15-38(35)32-39/h1-33H. The van der Waals surface area contributed by atoms with E-state index >= 15 is 0 Å². The van der Waals surface area contributed by atoms with Crippen LogP contribution >= 0.6 is 0 Å². The third-order valence-corrected chi connectivity index (χ3v) is 10.3. The summed E-state index contributed by atoms with van der Waals surface area (Å²) in [6.45, 7) is 0. The van der Waals surface area contributed by atoms with Crippen LogP contribution in [-0.4, -0.2) is 0 Å². The van der Waals surface area contributed by atoms with Gasteiger partial charge in [-0.3, -0.25) is 0 Å². The fourth-order valence-corrected chi connectivity index (χ4v) is 7.77. The van der Waals surface area contributed by atoms with Crippen molar-refractivity contribution in [2.24, 2.45) is 0 Å². The predicted molar refractivity (Wildman–Crippen MR) is 220 cm³/mol. The van der Waals surface area contributed by atoms with Gasteiger partial charge in [0.1, 0.15) is 11.2 Å². The number of rotatable bonds is 6. The van der Waals surface area contributed by atoms with Crippen LogP contribution in [-0.2, 0) is 0 Å². The van der Waals surface area contributed by atoms with E-state index in [1.807, 2.05) is 0 Å². The molecule has 0 aliphatic rings. The summed E-state index contributed by atoms with van der Waals surface area (Å²) < 4.78 is 6.50. The van der Waals surface area contributed by atoms with Crippen molar-refractivity contribution in [3.05, 3.63) is 200 Å². The maximum absolute atomic E-state index is 6.50. The lowest BCUT2D eigenvalue weighted by Gasteiger charge is -2.27. The van der Waals surface area contributed by atoms with Gasteiger partial charge in [0.15, 0.2) is 0 Å². The number of fused-ring (bicyclic) bond motifs is 5. The van der Waals surface area contributed by atoms with Crippen LogP contribution < -0.4 is 4.90 Å². The van der Waals surface area contributed by atoms with Crippen molar-refractivity contribution >= 4 is 60.5 Å². The third-order valence-electron chi connectivity index (χ3n) is 10.3. The van der Waals surface area contributed by atoms with Crippen molar-refractivity contribution in [3.63, 3.8) is 0 Å². The van der Waals surface area contributed by atoms with Crippen LogP contribution in [0.25, 0.3) is 76.9 Å². The summed E-state index contributed by atoms with van der Waals surface area (Å²) in [5.41, 5.74) is 12.2. The highest BCUT2D eigenvalue weighted by molar-refractivity contribution is 6.14. The average Bonchev–Trinajstić information content (AvgIpc) is 3.60. The Bertz CT molecular complexity index is 2890. The van der Waals surface area contributed by atoms with Gasteiger partial charge in [-0.2, -0.15) is 0 Å². The molecular formula is C50H33NO. The Hall–Kier alpha value is -6.90. The van der Waals surface area contributed by atoms with E-state index in [1.165, 1.54) is 43.8 Å². The molecule has 0 amide bonds.